The third-order valence-electron chi connectivity index (χ3n) is 4.41. The van der Waals surface area contributed by atoms with Crippen molar-refractivity contribution in [1.82, 2.24) is 4.83 Å². The minimum absolute atomic E-state index is 0.0159. The van der Waals surface area contributed by atoms with Gasteiger partial charge in [0.25, 0.3) is 15.9 Å². The van der Waals surface area contributed by atoms with Crippen LogP contribution < -0.4 is 20.0 Å². The number of primary amides is 1. The van der Waals surface area contributed by atoms with Gasteiger partial charge in [0, 0.05) is 10.6 Å². The van der Waals surface area contributed by atoms with Crippen LogP contribution in [-0.4, -0.2) is 27.6 Å². The monoisotopic (exact) mass is 507 g/mol. The van der Waals surface area contributed by atoms with Gasteiger partial charge in [0.1, 0.15) is 23.0 Å². The molecule has 33 heavy (non-hydrogen) atoms. The summed E-state index contributed by atoms with van der Waals surface area (Å²) in [6.45, 7) is 0.0684. The largest absolute Gasteiger partial charge is 0.496 e. The Morgan fingerprint density at radius 1 is 1.09 bits per heavy atom. The van der Waals surface area contributed by atoms with E-state index in [1.807, 2.05) is 0 Å². The second kappa shape index (κ2) is 10.6. The second-order valence-electron chi connectivity index (χ2n) is 6.65. The fourth-order valence-corrected chi connectivity index (χ4v) is 4.40. The number of hydrogen-bond acceptors (Lipinski definition) is 6. The summed E-state index contributed by atoms with van der Waals surface area (Å²) in [5.41, 5.74) is 6.84. The van der Waals surface area contributed by atoms with Crippen molar-refractivity contribution < 1.29 is 22.7 Å². The van der Waals surface area contributed by atoms with Crippen molar-refractivity contribution in [1.29, 1.82) is 0 Å². The van der Waals surface area contributed by atoms with Crippen molar-refractivity contribution in [3.63, 3.8) is 0 Å². The Labute approximate surface area is 201 Å². The molecule has 3 aromatic carbocycles. The van der Waals surface area contributed by atoms with E-state index in [1.54, 1.807) is 42.5 Å². The lowest BCUT2D eigenvalue weighted by atomic mass is 10.1. The molecule has 11 heteroatoms. The SMILES string of the molecule is COc1ccc(/C=N\NS(=O)(=O)c2cc(Cl)ccc2Cl)cc1COc1ccccc1C(N)=O. The minimum atomic E-state index is -4.02. The number of ether oxygens (including phenoxy) is 2. The molecule has 0 saturated heterocycles. The Bertz CT molecular complexity index is 1310. The van der Waals surface area contributed by atoms with Gasteiger partial charge in [0.2, 0.25) is 0 Å². The Morgan fingerprint density at radius 3 is 2.58 bits per heavy atom. The first kappa shape index (κ1) is 24.4. The summed E-state index contributed by atoms with van der Waals surface area (Å²) in [5, 5.41) is 4.04. The van der Waals surface area contributed by atoms with Crippen LogP contribution in [0.1, 0.15) is 21.5 Å². The molecule has 172 valence electrons. The topological polar surface area (TPSA) is 120 Å². The van der Waals surface area contributed by atoms with Gasteiger partial charge in [-0.3, -0.25) is 4.79 Å². The number of methoxy groups -OCH3 is 1. The first-order valence-electron chi connectivity index (χ1n) is 9.39. The lowest BCUT2D eigenvalue weighted by molar-refractivity contribution is 0.0996. The summed E-state index contributed by atoms with van der Waals surface area (Å²) >= 11 is 11.8. The number of nitrogens with one attached hydrogen (secondary N) is 1. The van der Waals surface area contributed by atoms with Crippen LogP contribution in [0.4, 0.5) is 0 Å². The van der Waals surface area contributed by atoms with E-state index >= 15 is 0 Å². The van der Waals surface area contributed by atoms with Crippen LogP contribution in [0.25, 0.3) is 0 Å². The second-order valence-corrected chi connectivity index (χ2v) is 9.12. The molecule has 3 aromatic rings. The summed E-state index contributed by atoms with van der Waals surface area (Å²) in [5.74, 6) is 0.262. The van der Waals surface area contributed by atoms with Crippen molar-refractivity contribution in [3.05, 3.63) is 87.4 Å². The number of benzene rings is 3. The molecule has 0 aliphatic rings. The van der Waals surface area contributed by atoms with E-state index in [2.05, 4.69) is 9.93 Å². The van der Waals surface area contributed by atoms with Crippen molar-refractivity contribution in [2.45, 2.75) is 11.5 Å². The normalized spacial score (nSPS) is 11.4. The summed E-state index contributed by atoms with van der Waals surface area (Å²) in [6, 6.07) is 15.8. The summed E-state index contributed by atoms with van der Waals surface area (Å²) in [6.07, 6.45) is 1.32. The molecule has 0 aromatic heterocycles. The maximum absolute atomic E-state index is 12.5. The van der Waals surface area contributed by atoms with Gasteiger partial charge in [0.05, 0.1) is 23.9 Å². The van der Waals surface area contributed by atoms with Crippen LogP contribution in [-0.2, 0) is 16.6 Å². The van der Waals surface area contributed by atoms with Gasteiger partial charge >= 0.3 is 0 Å². The molecule has 0 heterocycles. The molecule has 0 radical (unpaired) electrons. The third kappa shape index (κ3) is 6.16. The van der Waals surface area contributed by atoms with E-state index in [0.717, 1.165) is 0 Å². The molecule has 8 nitrogen and oxygen atoms in total. The molecule has 0 aliphatic heterocycles. The molecule has 0 spiro atoms. The van der Waals surface area contributed by atoms with Crippen LogP contribution in [0, 0.1) is 0 Å². The van der Waals surface area contributed by atoms with Crippen LogP contribution in [0.2, 0.25) is 10.0 Å². The quantitative estimate of drug-likeness (QED) is 0.335. The molecule has 0 atom stereocenters. The van der Waals surface area contributed by atoms with Crippen LogP contribution in [0.15, 0.2) is 70.7 Å². The lowest BCUT2D eigenvalue weighted by Gasteiger charge is -2.13. The molecule has 3 N–H and O–H groups in total. The first-order chi connectivity index (χ1) is 15.7. The van der Waals surface area contributed by atoms with E-state index in [0.29, 0.717) is 22.6 Å². The zero-order chi connectivity index (χ0) is 24.0. The Kier molecular flexibility index (Phi) is 7.80. The molecule has 0 aliphatic carbocycles. The molecule has 0 bridgehead atoms. The molecular weight excluding hydrogens is 489 g/mol. The number of hydrazone groups is 1. The number of nitrogens with zero attached hydrogens (tertiary/aromatic N) is 1. The number of sulfonamides is 1. The number of halogens is 2. The highest BCUT2D eigenvalue weighted by Crippen LogP contribution is 2.25. The molecule has 3 rings (SSSR count). The average molecular weight is 508 g/mol. The number of amides is 1. The van der Waals surface area contributed by atoms with E-state index in [1.165, 1.54) is 31.5 Å². The van der Waals surface area contributed by atoms with Crippen LogP contribution in [0.3, 0.4) is 0 Å². The maximum atomic E-state index is 12.5. The van der Waals surface area contributed by atoms with Gasteiger partial charge in [-0.25, -0.2) is 4.83 Å². The van der Waals surface area contributed by atoms with Gasteiger partial charge in [-0.2, -0.15) is 13.5 Å². The first-order valence-corrected chi connectivity index (χ1v) is 11.6. The Balaban J connectivity index is 1.77. The molecule has 1 amide bonds. The summed E-state index contributed by atoms with van der Waals surface area (Å²) < 4.78 is 36.0. The Hall–Kier alpha value is -3.27. The van der Waals surface area contributed by atoms with Crippen LogP contribution >= 0.6 is 23.2 Å². The Morgan fingerprint density at radius 2 is 1.85 bits per heavy atom. The van der Waals surface area contributed by atoms with E-state index in [-0.39, 0.29) is 27.1 Å². The smallest absolute Gasteiger partial charge is 0.278 e. The molecule has 0 fully saturated rings. The predicted molar refractivity (Wildman–Crippen MR) is 127 cm³/mol. The highest BCUT2D eigenvalue weighted by molar-refractivity contribution is 7.89. The average Bonchev–Trinajstić information content (AvgIpc) is 2.79. The summed E-state index contributed by atoms with van der Waals surface area (Å²) in [4.78, 5) is 13.5. The third-order valence-corrected chi connectivity index (χ3v) is 6.35. The number of para-hydroxylation sites is 1. The van der Waals surface area contributed by atoms with Crippen LogP contribution in [0.5, 0.6) is 11.5 Å². The highest BCUT2D eigenvalue weighted by Gasteiger charge is 2.17. The van der Waals surface area contributed by atoms with E-state index in [9.17, 15) is 13.2 Å². The molecular formula is C22H19Cl2N3O5S. The number of carbonyl (C=O) groups excluding carboxylic acids is 1. The molecule has 0 unspecified atom stereocenters. The number of rotatable bonds is 9. The van der Waals surface area contributed by atoms with Crippen molar-refractivity contribution in [2.24, 2.45) is 10.8 Å². The van der Waals surface area contributed by atoms with Crippen molar-refractivity contribution >= 4 is 45.3 Å². The van der Waals surface area contributed by atoms with Gasteiger partial charge in [-0.05, 0) is 54.1 Å². The maximum Gasteiger partial charge on any atom is 0.278 e. The van der Waals surface area contributed by atoms with E-state index < -0.39 is 15.9 Å². The zero-order valence-electron chi connectivity index (χ0n) is 17.3. The van der Waals surface area contributed by atoms with Gasteiger partial charge < -0.3 is 15.2 Å². The molecule has 0 saturated carbocycles. The van der Waals surface area contributed by atoms with Gasteiger partial charge in [-0.15, -0.1) is 0 Å². The number of nitrogens with two attached hydrogens (primary N) is 1. The van der Waals surface area contributed by atoms with Crippen molar-refractivity contribution in [2.75, 3.05) is 7.11 Å². The fourth-order valence-electron chi connectivity index (χ4n) is 2.85. The van der Waals surface area contributed by atoms with Gasteiger partial charge in [-0.1, -0.05) is 35.3 Å². The standard InChI is InChI=1S/C22H19Cl2N3O5S/c1-31-19-9-6-14(10-15(19)13-32-20-5-3-2-4-17(20)22(25)28)12-26-27-33(29,30)21-11-16(23)7-8-18(21)24/h2-12,27H,13H2,1H3,(H2,25,28)/b26-12-. The predicted octanol–water partition coefficient (Wildman–Crippen LogP) is 3.99. The van der Waals surface area contributed by atoms with Crippen molar-refractivity contribution in [3.8, 4) is 11.5 Å². The summed E-state index contributed by atoms with van der Waals surface area (Å²) in [7, 11) is -2.52. The fraction of sp³-hybridized carbons (Fsp3) is 0.0909. The number of carbonyl (C=O) groups is 1. The van der Waals surface area contributed by atoms with Gasteiger partial charge in [0.15, 0.2) is 0 Å². The van der Waals surface area contributed by atoms with E-state index in [4.69, 9.17) is 38.4 Å². The zero-order valence-corrected chi connectivity index (χ0v) is 19.6. The minimum Gasteiger partial charge on any atom is -0.496 e. The number of hydrogen-bond donors (Lipinski definition) is 2. The lowest BCUT2D eigenvalue weighted by Crippen LogP contribution is -2.18. The highest BCUT2D eigenvalue weighted by atomic mass is 35.5.